The lowest BCUT2D eigenvalue weighted by atomic mass is 9.97. The van der Waals surface area contributed by atoms with E-state index in [0.29, 0.717) is 12.4 Å². The van der Waals surface area contributed by atoms with Crippen LogP contribution in [0, 0.1) is 5.92 Å². The molecule has 1 aliphatic heterocycles. The first-order valence-electron chi connectivity index (χ1n) is 9.26. The number of piperidine rings is 1. The fraction of sp³-hybridized carbons (Fsp3) is 0.632. The summed E-state index contributed by atoms with van der Waals surface area (Å²) in [6, 6.07) is 3.86. The van der Waals surface area contributed by atoms with Crippen molar-refractivity contribution in [1.82, 2.24) is 15.2 Å². The van der Waals surface area contributed by atoms with E-state index in [0.717, 1.165) is 44.0 Å². The van der Waals surface area contributed by atoms with E-state index in [4.69, 9.17) is 14.5 Å². The standard InChI is InChI=1S/C19H30N4O3/c1-5-20-19(23-10-8-16(9-11-23)18(24)25-4)22-13-15-6-7-17(21-12-15)26-14(2)3/h6-7,12,14,16H,5,8-11,13H2,1-4H3,(H,20,22). The molecule has 1 aromatic heterocycles. The Balaban J connectivity index is 1.95. The molecule has 1 saturated heterocycles. The van der Waals surface area contributed by atoms with Crippen molar-refractivity contribution in [2.45, 2.75) is 46.3 Å². The number of carbonyl (C=O) groups excluding carboxylic acids is 1. The predicted molar refractivity (Wildman–Crippen MR) is 101 cm³/mol. The monoisotopic (exact) mass is 362 g/mol. The van der Waals surface area contributed by atoms with Crippen LogP contribution in [-0.2, 0) is 16.1 Å². The second-order valence-electron chi connectivity index (χ2n) is 6.63. The Morgan fingerprint density at radius 1 is 1.38 bits per heavy atom. The topological polar surface area (TPSA) is 76.1 Å². The number of likely N-dealkylation sites (tertiary alicyclic amines) is 1. The first kappa shape index (κ1) is 20.0. The summed E-state index contributed by atoms with van der Waals surface area (Å²) in [6.45, 7) is 8.95. The molecule has 1 aliphatic rings. The van der Waals surface area contributed by atoms with Crippen molar-refractivity contribution in [1.29, 1.82) is 0 Å². The summed E-state index contributed by atoms with van der Waals surface area (Å²) < 4.78 is 10.4. The van der Waals surface area contributed by atoms with E-state index in [9.17, 15) is 4.79 Å². The molecule has 0 aromatic carbocycles. The molecular weight excluding hydrogens is 332 g/mol. The van der Waals surface area contributed by atoms with Crippen LogP contribution in [0.25, 0.3) is 0 Å². The second-order valence-corrected chi connectivity index (χ2v) is 6.63. The zero-order valence-electron chi connectivity index (χ0n) is 16.2. The molecule has 0 spiro atoms. The van der Waals surface area contributed by atoms with E-state index in [1.54, 1.807) is 6.20 Å². The number of pyridine rings is 1. The van der Waals surface area contributed by atoms with Gasteiger partial charge in [-0.05, 0) is 39.2 Å². The van der Waals surface area contributed by atoms with E-state index in [-0.39, 0.29) is 18.0 Å². The van der Waals surface area contributed by atoms with Gasteiger partial charge in [-0.15, -0.1) is 0 Å². The van der Waals surface area contributed by atoms with Crippen LogP contribution < -0.4 is 10.1 Å². The zero-order valence-corrected chi connectivity index (χ0v) is 16.2. The van der Waals surface area contributed by atoms with Crippen LogP contribution in [0.2, 0.25) is 0 Å². The maximum Gasteiger partial charge on any atom is 0.308 e. The van der Waals surface area contributed by atoms with Crippen molar-refractivity contribution in [3.63, 3.8) is 0 Å². The van der Waals surface area contributed by atoms with Crippen molar-refractivity contribution >= 4 is 11.9 Å². The highest BCUT2D eigenvalue weighted by molar-refractivity contribution is 5.80. The summed E-state index contributed by atoms with van der Waals surface area (Å²) >= 11 is 0. The van der Waals surface area contributed by atoms with Gasteiger partial charge in [-0.25, -0.2) is 9.98 Å². The summed E-state index contributed by atoms with van der Waals surface area (Å²) in [4.78, 5) is 22.9. The summed E-state index contributed by atoms with van der Waals surface area (Å²) in [5.41, 5.74) is 1.03. The van der Waals surface area contributed by atoms with Crippen LogP contribution in [-0.4, -0.2) is 54.7 Å². The quantitative estimate of drug-likeness (QED) is 0.475. The fourth-order valence-corrected chi connectivity index (χ4v) is 2.90. The molecule has 7 nitrogen and oxygen atoms in total. The highest BCUT2D eigenvalue weighted by Gasteiger charge is 2.26. The minimum Gasteiger partial charge on any atom is -0.475 e. The van der Waals surface area contributed by atoms with Gasteiger partial charge in [0.2, 0.25) is 5.88 Å². The number of hydrogen-bond acceptors (Lipinski definition) is 5. The maximum absolute atomic E-state index is 11.7. The number of carbonyl (C=O) groups is 1. The summed E-state index contributed by atoms with van der Waals surface area (Å²) in [6.07, 6.45) is 3.49. The number of nitrogens with zero attached hydrogens (tertiary/aromatic N) is 3. The van der Waals surface area contributed by atoms with Crippen molar-refractivity contribution in [2.75, 3.05) is 26.7 Å². The van der Waals surface area contributed by atoms with Gasteiger partial charge in [-0.1, -0.05) is 6.07 Å². The molecule has 26 heavy (non-hydrogen) atoms. The molecule has 1 fully saturated rings. The van der Waals surface area contributed by atoms with Crippen LogP contribution in [0.5, 0.6) is 5.88 Å². The third-order valence-corrected chi connectivity index (χ3v) is 4.23. The number of rotatable bonds is 6. The number of hydrogen-bond donors (Lipinski definition) is 1. The van der Waals surface area contributed by atoms with Crippen molar-refractivity contribution in [2.24, 2.45) is 10.9 Å². The highest BCUT2D eigenvalue weighted by atomic mass is 16.5. The van der Waals surface area contributed by atoms with Gasteiger partial charge >= 0.3 is 5.97 Å². The smallest absolute Gasteiger partial charge is 0.308 e. The molecule has 0 bridgehead atoms. The Hall–Kier alpha value is -2.31. The largest absolute Gasteiger partial charge is 0.475 e. The second kappa shape index (κ2) is 9.99. The van der Waals surface area contributed by atoms with E-state index < -0.39 is 0 Å². The number of methoxy groups -OCH3 is 1. The molecule has 7 heteroatoms. The highest BCUT2D eigenvalue weighted by Crippen LogP contribution is 2.18. The molecule has 2 rings (SSSR count). The summed E-state index contributed by atoms with van der Waals surface area (Å²) in [5, 5.41) is 3.33. The van der Waals surface area contributed by atoms with Gasteiger partial charge in [-0.2, -0.15) is 0 Å². The molecule has 0 saturated carbocycles. The predicted octanol–water partition coefficient (Wildman–Crippen LogP) is 2.22. The fourth-order valence-electron chi connectivity index (χ4n) is 2.90. The van der Waals surface area contributed by atoms with E-state index >= 15 is 0 Å². The Bertz CT molecular complexity index is 593. The molecule has 1 N–H and O–H groups in total. The third-order valence-electron chi connectivity index (χ3n) is 4.23. The molecule has 1 aromatic rings. The lowest BCUT2D eigenvalue weighted by Crippen LogP contribution is -2.46. The molecule has 0 radical (unpaired) electrons. The van der Waals surface area contributed by atoms with Crippen LogP contribution in [0.4, 0.5) is 0 Å². The van der Waals surface area contributed by atoms with Crippen molar-refractivity contribution in [3.05, 3.63) is 23.9 Å². The minimum absolute atomic E-state index is 0.00294. The Kier molecular flexibility index (Phi) is 7.69. The van der Waals surface area contributed by atoms with E-state index in [2.05, 4.69) is 22.1 Å². The van der Waals surface area contributed by atoms with Gasteiger partial charge in [0.15, 0.2) is 5.96 Å². The number of guanidine groups is 1. The Labute approximate surface area is 155 Å². The average molecular weight is 362 g/mol. The van der Waals surface area contributed by atoms with Crippen molar-refractivity contribution < 1.29 is 14.3 Å². The molecule has 0 amide bonds. The molecule has 0 unspecified atom stereocenters. The SMILES string of the molecule is CCNC(=NCc1ccc(OC(C)C)nc1)N1CCC(C(=O)OC)CC1. The maximum atomic E-state index is 11.7. The first-order valence-corrected chi connectivity index (χ1v) is 9.26. The number of ether oxygens (including phenoxy) is 2. The van der Waals surface area contributed by atoms with Crippen LogP contribution in [0.15, 0.2) is 23.3 Å². The molecule has 0 atom stereocenters. The Morgan fingerprint density at radius 3 is 2.65 bits per heavy atom. The van der Waals surface area contributed by atoms with Crippen LogP contribution in [0.3, 0.4) is 0 Å². The molecule has 2 heterocycles. The first-order chi connectivity index (χ1) is 12.5. The van der Waals surface area contributed by atoms with Gasteiger partial charge in [0.1, 0.15) is 0 Å². The molecular formula is C19H30N4O3. The van der Waals surface area contributed by atoms with Gasteiger partial charge < -0.3 is 19.7 Å². The van der Waals surface area contributed by atoms with Crippen LogP contribution in [0.1, 0.15) is 39.2 Å². The average Bonchev–Trinajstić information content (AvgIpc) is 2.65. The van der Waals surface area contributed by atoms with E-state index in [1.807, 2.05) is 26.0 Å². The summed E-state index contributed by atoms with van der Waals surface area (Å²) in [7, 11) is 1.45. The van der Waals surface area contributed by atoms with Crippen molar-refractivity contribution in [3.8, 4) is 5.88 Å². The number of aliphatic imine (C=N–C) groups is 1. The van der Waals surface area contributed by atoms with Gasteiger partial charge in [0, 0.05) is 31.9 Å². The lowest BCUT2D eigenvalue weighted by molar-refractivity contribution is -0.146. The zero-order chi connectivity index (χ0) is 18.9. The Morgan fingerprint density at radius 2 is 2.12 bits per heavy atom. The third kappa shape index (κ3) is 5.89. The molecule has 144 valence electrons. The van der Waals surface area contributed by atoms with E-state index in [1.165, 1.54) is 7.11 Å². The number of esters is 1. The van der Waals surface area contributed by atoms with Gasteiger partial charge in [0.25, 0.3) is 0 Å². The van der Waals surface area contributed by atoms with Gasteiger partial charge in [-0.3, -0.25) is 4.79 Å². The molecule has 0 aliphatic carbocycles. The van der Waals surface area contributed by atoms with Gasteiger partial charge in [0.05, 0.1) is 25.7 Å². The number of aromatic nitrogens is 1. The number of nitrogens with one attached hydrogen (secondary N) is 1. The normalized spacial score (nSPS) is 15.9. The lowest BCUT2D eigenvalue weighted by Gasteiger charge is -2.33. The summed E-state index contributed by atoms with van der Waals surface area (Å²) in [5.74, 6) is 1.39. The van der Waals surface area contributed by atoms with Crippen LogP contribution >= 0.6 is 0 Å². The minimum atomic E-state index is -0.110.